The molecule has 0 spiro atoms. The first-order chi connectivity index (χ1) is 9.70. The molecule has 0 saturated carbocycles. The molecule has 1 N–H and O–H groups in total. The SMILES string of the molecule is N#CC(=Cc1ccccc1)C(=O)Nc1ccccc1F. The van der Waals surface area contributed by atoms with Crippen LogP contribution in [0.25, 0.3) is 6.08 Å². The van der Waals surface area contributed by atoms with E-state index in [1.165, 1.54) is 24.3 Å². The molecule has 0 fully saturated rings. The summed E-state index contributed by atoms with van der Waals surface area (Å²) in [5.74, 6) is -1.18. The summed E-state index contributed by atoms with van der Waals surface area (Å²) in [6.07, 6.45) is 1.45. The minimum Gasteiger partial charge on any atom is -0.319 e. The molecular weight excluding hydrogens is 255 g/mol. The molecular formula is C16H11FN2O. The van der Waals surface area contributed by atoms with Crippen molar-refractivity contribution in [1.82, 2.24) is 0 Å². The van der Waals surface area contributed by atoms with E-state index in [4.69, 9.17) is 5.26 Å². The molecule has 20 heavy (non-hydrogen) atoms. The van der Waals surface area contributed by atoms with Crippen molar-refractivity contribution >= 4 is 17.7 Å². The summed E-state index contributed by atoms with van der Waals surface area (Å²) in [6, 6.07) is 16.6. The van der Waals surface area contributed by atoms with Crippen LogP contribution < -0.4 is 5.32 Å². The van der Waals surface area contributed by atoms with Crippen LogP contribution in [0.1, 0.15) is 5.56 Å². The van der Waals surface area contributed by atoms with E-state index in [0.29, 0.717) is 0 Å². The van der Waals surface area contributed by atoms with Crippen LogP contribution in [0.5, 0.6) is 0 Å². The lowest BCUT2D eigenvalue weighted by Crippen LogP contribution is -2.14. The first-order valence-electron chi connectivity index (χ1n) is 5.93. The summed E-state index contributed by atoms with van der Waals surface area (Å²) in [4.78, 5) is 11.9. The number of nitriles is 1. The predicted molar refractivity (Wildman–Crippen MR) is 75.1 cm³/mol. The smallest absolute Gasteiger partial charge is 0.266 e. The van der Waals surface area contributed by atoms with Crippen molar-refractivity contribution in [3.8, 4) is 6.07 Å². The number of carbonyl (C=O) groups is 1. The molecule has 2 aromatic rings. The number of nitrogens with zero attached hydrogens (tertiary/aromatic N) is 1. The number of halogens is 1. The average molecular weight is 266 g/mol. The second-order valence-corrected chi connectivity index (χ2v) is 4.01. The number of amides is 1. The second-order valence-electron chi connectivity index (χ2n) is 4.01. The fourth-order valence-electron chi connectivity index (χ4n) is 1.62. The summed E-state index contributed by atoms with van der Waals surface area (Å²) < 4.78 is 13.4. The van der Waals surface area contributed by atoms with Crippen LogP contribution in [0, 0.1) is 17.1 Å². The monoisotopic (exact) mass is 266 g/mol. The van der Waals surface area contributed by atoms with Crippen LogP contribution in [0.4, 0.5) is 10.1 Å². The van der Waals surface area contributed by atoms with Crippen LogP contribution in [0.3, 0.4) is 0 Å². The zero-order valence-electron chi connectivity index (χ0n) is 10.5. The Bertz CT molecular complexity index is 687. The number of carbonyl (C=O) groups excluding carboxylic acids is 1. The third-order valence-electron chi connectivity index (χ3n) is 2.60. The van der Waals surface area contributed by atoms with E-state index in [-0.39, 0.29) is 11.3 Å². The number of hydrogen-bond donors (Lipinski definition) is 1. The highest BCUT2D eigenvalue weighted by Gasteiger charge is 2.11. The highest BCUT2D eigenvalue weighted by atomic mass is 19.1. The van der Waals surface area contributed by atoms with Gasteiger partial charge in [-0.1, -0.05) is 42.5 Å². The molecule has 0 heterocycles. The Balaban J connectivity index is 2.21. The maximum Gasteiger partial charge on any atom is 0.266 e. The summed E-state index contributed by atoms with van der Waals surface area (Å²) in [5.41, 5.74) is 0.693. The molecule has 3 nitrogen and oxygen atoms in total. The number of anilines is 1. The van der Waals surface area contributed by atoms with Gasteiger partial charge in [-0.15, -0.1) is 0 Å². The summed E-state index contributed by atoms with van der Waals surface area (Å²) in [7, 11) is 0. The maximum atomic E-state index is 13.4. The fourth-order valence-corrected chi connectivity index (χ4v) is 1.62. The largest absolute Gasteiger partial charge is 0.319 e. The van der Waals surface area contributed by atoms with Gasteiger partial charge < -0.3 is 5.32 Å². The number of para-hydroxylation sites is 1. The van der Waals surface area contributed by atoms with Gasteiger partial charge in [0, 0.05) is 0 Å². The third-order valence-corrected chi connectivity index (χ3v) is 2.60. The quantitative estimate of drug-likeness (QED) is 0.684. The second kappa shape index (κ2) is 6.30. The molecule has 0 atom stereocenters. The Hall–Kier alpha value is -2.93. The highest BCUT2D eigenvalue weighted by molar-refractivity contribution is 6.09. The number of hydrogen-bond acceptors (Lipinski definition) is 2. The number of nitrogens with one attached hydrogen (secondary N) is 1. The van der Waals surface area contributed by atoms with Crippen LogP contribution >= 0.6 is 0 Å². The Kier molecular flexibility index (Phi) is 4.25. The lowest BCUT2D eigenvalue weighted by atomic mass is 10.1. The van der Waals surface area contributed by atoms with Crippen molar-refractivity contribution in [3.63, 3.8) is 0 Å². The molecule has 2 rings (SSSR count). The third kappa shape index (κ3) is 3.30. The molecule has 0 radical (unpaired) electrons. The summed E-state index contributed by atoms with van der Waals surface area (Å²) in [5, 5.41) is 11.4. The topological polar surface area (TPSA) is 52.9 Å². The lowest BCUT2D eigenvalue weighted by molar-refractivity contribution is -0.112. The van der Waals surface area contributed by atoms with E-state index in [2.05, 4.69) is 5.32 Å². The van der Waals surface area contributed by atoms with E-state index in [9.17, 15) is 9.18 Å². The molecule has 1 amide bonds. The van der Waals surface area contributed by atoms with Gasteiger partial charge in [0.25, 0.3) is 5.91 Å². The van der Waals surface area contributed by atoms with Crippen molar-refractivity contribution in [2.45, 2.75) is 0 Å². The van der Waals surface area contributed by atoms with Crippen LogP contribution in [0.15, 0.2) is 60.2 Å². The van der Waals surface area contributed by atoms with E-state index in [0.717, 1.165) is 5.56 Å². The molecule has 0 aliphatic carbocycles. The lowest BCUT2D eigenvalue weighted by Gasteiger charge is -2.05. The number of rotatable bonds is 3. The first-order valence-corrected chi connectivity index (χ1v) is 5.93. The van der Waals surface area contributed by atoms with Gasteiger partial charge in [0.1, 0.15) is 17.5 Å². The molecule has 0 aliphatic rings. The minimum atomic E-state index is -0.638. The molecule has 0 saturated heterocycles. The van der Waals surface area contributed by atoms with Gasteiger partial charge >= 0.3 is 0 Å². The van der Waals surface area contributed by atoms with E-state index in [1.807, 2.05) is 12.1 Å². The van der Waals surface area contributed by atoms with Crippen molar-refractivity contribution in [2.24, 2.45) is 0 Å². The number of benzene rings is 2. The molecule has 98 valence electrons. The van der Waals surface area contributed by atoms with Gasteiger partial charge in [-0.25, -0.2) is 4.39 Å². The normalized spacial score (nSPS) is 10.7. The molecule has 0 aliphatic heterocycles. The summed E-state index contributed by atoms with van der Waals surface area (Å²) in [6.45, 7) is 0. The zero-order chi connectivity index (χ0) is 14.4. The van der Waals surface area contributed by atoms with Gasteiger partial charge in [-0.3, -0.25) is 4.79 Å². The first kappa shape index (κ1) is 13.5. The Morgan fingerprint density at radius 3 is 2.40 bits per heavy atom. The predicted octanol–water partition coefficient (Wildman–Crippen LogP) is 3.37. The van der Waals surface area contributed by atoms with Gasteiger partial charge in [0.15, 0.2) is 0 Å². The fraction of sp³-hybridized carbons (Fsp3) is 0. The molecule has 4 heteroatoms. The standard InChI is InChI=1S/C16H11FN2O/c17-14-8-4-5-9-15(14)19-16(20)13(11-18)10-12-6-2-1-3-7-12/h1-10H,(H,19,20). The highest BCUT2D eigenvalue weighted by Crippen LogP contribution is 2.14. The van der Waals surface area contributed by atoms with E-state index >= 15 is 0 Å². The van der Waals surface area contributed by atoms with Gasteiger partial charge in [0.2, 0.25) is 0 Å². The Morgan fingerprint density at radius 2 is 1.75 bits per heavy atom. The van der Waals surface area contributed by atoms with Gasteiger partial charge in [-0.2, -0.15) is 5.26 Å². The van der Waals surface area contributed by atoms with E-state index in [1.54, 1.807) is 30.3 Å². The maximum absolute atomic E-state index is 13.4. The van der Waals surface area contributed by atoms with Gasteiger partial charge in [-0.05, 0) is 23.8 Å². The van der Waals surface area contributed by atoms with Crippen molar-refractivity contribution in [1.29, 1.82) is 5.26 Å². The Morgan fingerprint density at radius 1 is 1.10 bits per heavy atom. The Labute approximate surface area is 116 Å². The van der Waals surface area contributed by atoms with Crippen molar-refractivity contribution in [3.05, 3.63) is 71.6 Å². The van der Waals surface area contributed by atoms with Gasteiger partial charge in [0.05, 0.1) is 5.69 Å². The minimum absolute atomic E-state index is 0.0479. The molecule has 0 bridgehead atoms. The molecule has 0 unspecified atom stereocenters. The van der Waals surface area contributed by atoms with Crippen LogP contribution in [-0.2, 0) is 4.79 Å². The van der Waals surface area contributed by atoms with Crippen LogP contribution in [0.2, 0.25) is 0 Å². The van der Waals surface area contributed by atoms with E-state index < -0.39 is 11.7 Å². The van der Waals surface area contributed by atoms with Crippen molar-refractivity contribution in [2.75, 3.05) is 5.32 Å². The summed E-state index contributed by atoms with van der Waals surface area (Å²) >= 11 is 0. The van der Waals surface area contributed by atoms with Crippen molar-refractivity contribution < 1.29 is 9.18 Å². The molecule has 2 aromatic carbocycles. The average Bonchev–Trinajstić information content (AvgIpc) is 2.48. The van der Waals surface area contributed by atoms with Crippen LogP contribution in [-0.4, -0.2) is 5.91 Å². The zero-order valence-corrected chi connectivity index (χ0v) is 10.5. The molecule has 0 aromatic heterocycles.